The minimum atomic E-state index is -0.418. The Balaban J connectivity index is 2.14. The molecule has 2 amide bonds. The van der Waals surface area contributed by atoms with E-state index in [1.165, 1.54) is 0 Å². The number of rotatable bonds is 7. The number of likely N-dealkylation sites (tertiary alicyclic amines) is 1. The Bertz CT molecular complexity index is 603. The van der Waals surface area contributed by atoms with Gasteiger partial charge in [0.2, 0.25) is 11.8 Å². The van der Waals surface area contributed by atoms with Crippen LogP contribution in [0.5, 0.6) is 11.5 Å². The number of hydrogen-bond acceptors (Lipinski definition) is 4. The zero-order valence-electron chi connectivity index (χ0n) is 14.8. The number of hydrogen-bond donors (Lipinski definition) is 1. The summed E-state index contributed by atoms with van der Waals surface area (Å²) in [5.74, 6) is 1.32. The second-order valence-corrected chi connectivity index (χ2v) is 5.95. The summed E-state index contributed by atoms with van der Waals surface area (Å²) in [7, 11) is 3.19. The molecule has 0 aliphatic carbocycles. The summed E-state index contributed by atoms with van der Waals surface area (Å²) < 4.78 is 10.6. The molecule has 2 rings (SSSR count). The third kappa shape index (κ3) is 3.80. The topological polar surface area (TPSA) is 67.9 Å². The highest BCUT2D eigenvalue weighted by Gasteiger charge is 2.32. The summed E-state index contributed by atoms with van der Waals surface area (Å²) in [6.07, 6.45) is 1.95. The molecule has 0 saturated carbocycles. The van der Waals surface area contributed by atoms with Gasteiger partial charge in [-0.1, -0.05) is 6.92 Å². The summed E-state index contributed by atoms with van der Waals surface area (Å²) >= 11 is 0. The van der Waals surface area contributed by atoms with Gasteiger partial charge in [-0.15, -0.1) is 0 Å². The van der Waals surface area contributed by atoms with E-state index >= 15 is 0 Å². The molecule has 0 radical (unpaired) electrons. The maximum absolute atomic E-state index is 12.7. The zero-order chi connectivity index (χ0) is 17.7. The van der Waals surface area contributed by atoms with E-state index in [0.29, 0.717) is 30.9 Å². The molecule has 1 N–H and O–H groups in total. The van der Waals surface area contributed by atoms with Crippen LogP contribution in [0.3, 0.4) is 0 Å². The van der Waals surface area contributed by atoms with Gasteiger partial charge in [-0.3, -0.25) is 9.59 Å². The van der Waals surface area contributed by atoms with Crippen LogP contribution in [0.15, 0.2) is 18.2 Å². The van der Waals surface area contributed by atoms with Crippen molar-refractivity contribution in [2.45, 2.75) is 45.2 Å². The number of nitrogens with one attached hydrogen (secondary N) is 1. The number of nitrogens with zero attached hydrogens (tertiary/aromatic N) is 1. The van der Waals surface area contributed by atoms with Crippen molar-refractivity contribution in [2.24, 2.45) is 0 Å². The number of carbonyl (C=O) groups excluding carboxylic acids is 2. The summed E-state index contributed by atoms with van der Waals surface area (Å²) in [6, 6.07) is 4.81. The van der Waals surface area contributed by atoms with Crippen LogP contribution in [-0.4, -0.2) is 43.5 Å². The van der Waals surface area contributed by atoms with E-state index in [2.05, 4.69) is 5.32 Å². The van der Waals surface area contributed by atoms with Gasteiger partial charge in [-0.2, -0.15) is 0 Å². The molecule has 132 valence electrons. The third-order valence-corrected chi connectivity index (χ3v) is 4.44. The van der Waals surface area contributed by atoms with Gasteiger partial charge in [0.15, 0.2) is 0 Å². The molecule has 1 heterocycles. The van der Waals surface area contributed by atoms with Crippen LogP contribution in [0.2, 0.25) is 0 Å². The highest BCUT2D eigenvalue weighted by Crippen LogP contribution is 2.29. The summed E-state index contributed by atoms with van der Waals surface area (Å²) in [5.41, 5.74) is 0.841. The first-order valence-corrected chi connectivity index (χ1v) is 8.33. The number of benzene rings is 1. The highest BCUT2D eigenvalue weighted by atomic mass is 16.5. The molecule has 1 saturated heterocycles. The lowest BCUT2D eigenvalue weighted by Gasteiger charge is -2.27. The predicted octanol–water partition coefficient (Wildman–Crippen LogP) is 2.28. The third-order valence-electron chi connectivity index (χ3n) is 4.44. The summed E-state index contributed by atoms with van der Waals surface area (Å²) in [5, 5.41) is 3.00. The quantitative estimate of drug-likeness (QED) is 0.831. The maximum atomic E-state index is 12.7. The van der Waals surface area contributed by atoms with Crippen molar-refractivity contribution in [1.29, 1.82) is 0 Å². The lowest BCUT2D eigenvalue weighted by molar-refractivity contribution is -0.137. The van der Waals surface area contributed by atoms with Crippen molar-refractivity contribution in [1.82, 2.24) is 10.2 Å². The molecule has 6 nitrogen and oxygen atoms in total. The lowest BCUT2D eigenvalue weighted by atomic mass is 10.1. The largest absolute Gasteiger partial charge is 0.497 e. The number of methoxy groups -OCH3 is 2. The van der Waals surface area contributed by atoms with Crippen LogP contribution >= 0.6 is 0 Å². The molecule has 0 unspecified atom stereocenters. The minimum absolute atomic E-state index is 0.0589. The molecule has 24 heavy (non-hydrogen) atoms. The van der Waals surface area contributed by atoms with Gasteiger partial charge in [0.25, 0.3) is 0 Å². The van der Waals surface area contributed by atoms with E-state index in [1.54, 1.807) is 19.1 Å². The maximum Gasteiger partial charge on any atom is 0.243 e. The van der Waals surface area contributed by atoms with E-state index in [-0.39, 0.29) is 17.9 Å². The van der Waals surface area contributed by atoms with Gasteiger partial charge < -0.3 is 19.7 Å². The van der Waals surface area contributed by atoms with Gasteiger partial charge >= 0.3 is 0 Å². The molecular weight excluding hydrogens is 308 g/mol. The van der Waals surface area contributed by atoms with Gasteiger partial charge in [0.05, 0.1) is 20.3 Å². The zero-order valence-corrected chi connectivity index (χ0v) is 14.8. The molecule has 1 aliphatic rings. The molecule has 1 aliphatic heterocycles. The van der Waals surface area contributed by atoms with E-state index < -0.39 is 6.04 Å². The van der Waals surface area contributed by atoms with Crippen molar-refractivity contribution in [2.75, 3.05) is 20.8 Å². The van der Waals surface area contributed by atoms with Crippen LogP contribution in [0.4, 0.5) is 0 Å². The first kappa shape index (κ1) is 18.1. The predicted molar refractivity (Wildman–Crippen MR) is 91.1 cm³/mol. The Labute approximate surface area is 143 Å². The van der Waals surface area contributed by atoms with Gasteiger partial charge in [0, 0.05) is 18.5 Å². The smallest absolute Gasteiger partial charge is 0.243 e. The van der Waals surface area contributed by atoms with Crippen LogP contribution in [0, 0.1) is 0 Å². The molecule has 6 heteroatoms. The SMILES string of the molecule is CC[C@@H](C(=O)N[C@H](C)c1cc(OC)ccc1OC)N1CCCC1=O. The first-order chi connectivity index (χ1) is 11.5. The van der Waals surface area contributed by atoms with Crippen LogP contribution < -0.4 is 14.8 Å². The van der Waals surface area contributed by atoms with Crippen molar-refractivity contribution < 1.29 is 19.1 Å². The van der Waals surface area contributed by atoms with Crippen LogP contribution in [-0.2, 0) is 9.59 Å². The minimum Gasteiger partial charge on any atom is -0.497 e. The highest BCUT2D eigenvalue weighted by molar-refractivity contribution is 5.88. The van der Waals surface area contributed by atoms with Crippen molar-refractivity contribution in [3.63, 3.8) is 0 Å². The summed E-state index contributed by atoms with van der Waals surface area (Å²) in [6.45, 7) is 4.47. The fraction of sp³-hybridized carbons (Fsp3) is 0.556. The molecular formula is C18H26N2O4. The Morgan fingerprint density at radius 3 is 2.62 bits per heavy atom. The standard InChI is InChI=1S/C18H26N2O4/c1-5-15(20-10-6-7-17(20)21)18(22)19-12(2)14-11-13(23-3)8-9-16(14)24-4/h8-9,11-12,15H,5-7,10H2,1-4H3,(H,19,22)/t12-,15+/m1/s1. The second kappa shape index (κ2) is 8.04. The average Bonchev–Trinajstić information content (AvgIpc) is 3.00. The van der Waals surface area contributed by atoms with Gasteiger partial charge in [0.1, 0.15) is 17.5 Å². The fourth-order valence-corrected chi connectivity index (χ4v) is 3.11. The number of carbonyl (C=O) groups is 2. The van der Waals surface area contributed by atoms with E-state index in [4.69, 9.17) is 9.47 Å². The van der Waals surface area contributed by atoms with E-state index in [0.717, 1.165) is 12.0 Å². The molecule has 1 fully saturated rings. The molecule has 1 aromatic rings. The van der Waals surface area contributed by atoms with Crippen molar-refractivity contribution in [3.05, 3.63) is 23.8 Å². The van der Waals surface area contributed by atoms with Crippen LogP contribution in [0.1, 0.15) is 44.7 Å². The first-order valence-electron chi connectivity index (χ1n) is 8.33. The number of ether oxygens (including phenoxy) is 2. The summed E-state index contributed by atoms with van der Waals surface area (Å²) in [4.78, 5) is 26.3. The average molecular weight is 334 g/mol. The Morgan fingerprint density at radius 1 is 1.33 bits per heavy atom. The molecule has 1 aromatic carbocycles. The van der Waals surface area contributed by atoms with Crippen molar-refractivity contribution in [3.8, 4) is 11.5 Å². The number of amides is 2. The van der Waals surface area contributed by atoms with Gasteiger partial charge in [-0.05, 0) is 38.0 Å². The molecule has 0 spiro atoms. The Hall–Kier alpha value is -2.24. The lowest BCUT2D eigenvalue weighted by Crippen LogP contribution is -2.47. The Morgan fingerprint density at radius 2 is 2.08 bits per heavy atom. The Kier molecular flexibility index (Phi) is 6.06. The second-order valence-electron chi connectivity index (χ2n) is 5.95. The van der Waals surface area contributed by atoms with Crippen molar-refractivity contribution >= 4 is 11.8 Å². The van der Waals surface area contributed by atoms with Crippen LogP contribution in [0.25, 0.3) is 0 Å². The van der Waals surface area contributed by atoms with E-state index in [9.17, 15) is 9.59 Å². The monoisotopic (exact) mass is 334 g/mol. The molecule has 2 atom stereocenters. The normalized spacial score (nSPS) is 16.7. The molecule has 0 bridgehead atoms. The molecule has 0 aromatic heterocycles. The van der Waals surface area contributed by atoms with E-state index in [1.807, 2.05) is 32.0 Å². The van der Waals surface area contributed by atoms with Gasteiger partial charge in [-0.25, -0.2) is 0 Å². The fourth-order valence-electron chi connectivity index (χ4n) is 3.11.